The summed E-state index contributed by atoms with van der Waals surface area (Å²) in [7, 11) is 0. The van der Waals surface area contributed by atoms with Crippen LogP contribution in [0.15, 0.2) is 59.4 Å². The number of aromatic nitrogens is 2. The summed E-state index contributed by atoms with van der Waals surface area (Å²) in [6.45, 7) is 1.20. The number of hydrogen-bond acceptors (Lipinski definition) is 4. The van der Waals surface area contributed by atoms with Crippen LogP contribution >= 0.6 is 0 Å². The average Bonchev–Trinajstić information content (AvgIpc) is 3.49. The molecule has 2 amide bonds. The van der Waals surface area contributed by atoms with Gasteiger partial charge < -0.3 is 16.0 Å². The van der Waals surface area contributed by atoms with Gasteiger partial charge in [-0.1, -0.05) is 48.5 Å². The first kappa shape index (κ1) is 18.0. The maximum absolute atomic E-state index is 12.0. The van der Waals surface area contributed by atoms with Crippen molar-refractivity contribution in [2.45, 2.75) is 24.8 Å². The van der Waals surface area contributed by atoms with Crippen molar-refractivity contribution in [2.75, 3.05) is 18.4 Å². The maximum atomic E-state index is 12.0. The maximum Gasteiger partial charge on any atom is 0.315 e. The predicted octanol–water partition coefficient (Wildman–Crippen LogP) is 2.58. The number of hydrogen-bond donors (Lipinski definition) is 4. The van der Waals surface area contributed by atoms with Crippen molar-refractivity contribution >= 4 is 22.6 Å². The molecule has 4 N–H and O–H groups in total. The number of nitrogens with one attached hydrogen (secondary N) is 4. The Morgan fingerprint density at radius 3 is 2.61 bits per heavy atom. The first-order chi connectivity index (χ1) is 13.7. The van der Waals surface area contributed by atoms with E-state index in [1.165, 1.54) is 5.56 Å². The molecule has 0 unspecified atom stereocenters. The van der Waals surface area contributed by atoms with Gasteiger partial charge in [-0.25, -0.2) is 9.89 Å². The predicted molar refractivity (Wildman–Crippen MR) is 110 cm³/mol. The lowest BCUT2D eigenvalue weighted by molar-refractivity contribution is 0.240. The normalized spacial score (nSPS) is 17.9. The van der Waals surface area contributed by atoms with Crippen LogP contribution in [0.4, 0.5) is 10.6 Å². The summed E-state index contributed by atoms with van der Waals surface area (Å²) in [5.41, 5.74) is 1.07. The smallest absolute Gasteiger partial charge is 0.315 e. The number of carbonyl (C=O) groups is 1. The largest absolute Gasteiger partial charge is 0.368 e. The van der Waals surface area contributed by atoms with Crippen molar-refractivity contribution in [1.29, 1.82) is 0 Å². The first-order valence-electron chi connectivity index (χ1n) is 9.53. The topological polar surface area (TPSA) is 98.9 Å². The van der Waals surface area contributed by atoms with E-state index in [1.54, 1.807) is 6.07 Å². The van der Waals surface area contributed by atoms with Gasteiger partial charge in [0.1, 0.15) is 0 Å². The molecule has 0 aliphatic heterocycles. The van der Waals surface area contributed by atoms with E-state index in [9.17, 15) is 9.59 Å². The molecule has 2 atom stereocenters. The van der Waals surface area contributed by atoms with Crippen LogP contribution in [0.3, 0.4) is 0 Å². The van der Waals surface area contributed by atoms with Gasteiger partial charge in [0.05, 0.1) is 5.39 Å². The van der Waals surface area contributed by atoms with Gasteiger partial charge in [0.15, 0.2) is 5.82 Å². The van der Waals surface area contributed by atoms with Crippen molar-refractivity contribution in [3.05, 3.63) is 70.5 Å². The van der Waals surface area contributed by atoms with E-state index in [-0.39, 0.29) is 17.6 Å². The minimum absolute atomic E-state index is 0.129. The Bertz CT molecular complexity index is 1020. The summed E-state index contributed by atoms with van der Waals surface area (Å²) >= 11 is 0. The molecule has 0 radical (unpaired) electrons. The number of nitrogens with zero attached hydrogens (tertiary/aromatic N) is 1. The molecule has 0 spiro atoms. The van der Waals surface area contributed by atoms with E-state index in [2.05, 4.69) is 38.3 Å². The lowest BCUT2D eigenvalue weighted by atomic mass is 10.1. The Labute approximate surface area is 162 Å². The number of urea groups is 1. The molecule has 1 aromatic heterocycles. The van der Waals surface area contributed by atoms with E-state index >= 15 is 0 Å². The summed E-state index contributed by atoms with van der Waals surface area (Å²) < 4.78 is 0. The molecule has 7 heteroatoms. The molecule has 7 nitrogen and oxygen atoms in total. The van der Waals surface area contributed by atoms with Gasteiger partial charge in [-0.15, -0.1) is 0 Å². The molecule has 144 valence electrons. The molecule has 1 saturated carbocycles. The van der Waals surface area contributed by atoms with E-state index in [4.69, 9.17) is 0 Å². The lowest BCUT2D eigenvalue weighted by Crippen LogP contribution is -2.38. The average molecular weight is 377 g/mol. The quantitative estimate of drug-likeness (QED) is 0.476. The third-order valence-electron chi connectivity index (χ3n) is 4.96. The van der Waals surface area contributed by atoms with Crippen LogP contribution in [0.2, 0.25) is 0 Å². The van der Waals surface area contributed by atoms with Gasteiger partial charge in [-0.3, -0.25) is 4.79 Å². The number of fused-ring (bicyclic) bond motifs is 1. The Balaban J connectivity index is 1.18. The molecule has 0 saturated heterocycles. The van der Waals surface area contributed by atoms with E-state index < -0.39 is 0 Å². The van der Waals surface area contributed by atoms with Crippen molar-refractivity contribution in [1.82, 2.24) is 20.8 Å². The molecule has 0 bridgehead atoms. The van der Waals surface area contributed by atoms with E-state index in [0.717, 1.165) is 18.2 Å². The Morgan fingerprint density at radius 1 is 1.04 bits per heavy atom. The zero-order valence-electron chi connectivity index (χ0n) is 15.4. The summed E-state index contributed by atoms with van der Waals surface area (Å²) in [5.74, 6) is 1.07. The second kappa shape index (κ2) is 8.12. The lowest BCUT2D eigenvalue weighted by Gasteiger charge is -2.09. The van der Waals surface area contributed by atoms with Gasteiger partial charge in [0.25, 0.3) is 5.56 Å². The standard InChI is InChI=1S/C21H23N5O2/c27-20-16-10-5-4-9-15(16)19(25-26-20)22-11-6-12-23-21(28)24-18-13-17(18)14-7-2-1-3-8-14/h1-5,7-10,17-18H,6,11-13H2,(H,22,25)(H,26,27)(H2,23,24,28)/t17-,18-/m0/s1. The number of carbonyl (C=O) groups excluding carboxylic acids is 1. The van der Waals surface area contributed by atoms with E-state index in [1.807, 2.05) is 36.4 Å². The fraction of sp³-hybridized carbons (Fsp3) is 0.286. The van der Waals surface area contributed by atoms with Crippen LogP contribution in [0.25, 0.3) is 10.8 Å². The second-order valence-electron chi connectivity index (χ2n) is 6.99. The second-order valence-corrected chi connectivity index (χ2v) is 6.99. The zero-order valence-corrected chi connectivity index (χ0v) is 15.4. The van der Waals surface area contributed by atoms with Crippen LogP contribution in [-0.2, 0) is 0 Å². The summed E-state index contributed by atoms with van der Waals surface area (Å²) in [4.78, 5) is 23.8. The highest BCUT2D eigenvalue weighted by Crippen LogP contribution is 2.40. The number of H-pyrrole nitrogens is 1. The highest BCUT2D eigenvalue weighted by Gasteiger charge is 2.39. The zero-order chi connectivity index (χ0) is 19.3. The van der Waals surface area contributed by atoms with Crippen LogP contribution in [0.1, 0.15) is 24.3 Å². The molecule has 3 aromatic rings. The Kier molecular flexibility index (Phi) is 5.23. The van der Waals surface area contributed by atoms with Gasteiger partial charge in [0.2, 0.25) is 0 Å². The monoisotopic (exact) mass is 377 g/mol. The van der Waals surface area contributed by atoms with Gasteiger partial charge >= 0.3 is 6.03 Å². The molecular formula is C21H23N5O2. The van der Waals surface area contributed by atoms with E-state index in [0.29, 0.717) is 30.2 Å². The van der Waals surface area contributed by atoms with Crippen LogP contribution < -0.4 is 21.5 Å². The van der Waals surface area contributed by atoms with Crippen LogP contribution in [-0.4, -0.2) is 35.4 Å². The van der Waals surface area contributed by atoms with Gasteiger partial charge in [-0.2, -0.15) is 5.10 Å². The number of benzene rings is 2. The highest BCUT2D eigenvalue weighted by molar-refractivity contribution is 5.90. The summed E-state index contributed by atoms with van der Waals surface area (Å²) in [6, 6.07) is 17.7. The van der Waals surface area contributed by atoms with Crippen molar-refractivity contribution in [3.63, 3.8) is 0 Å². The fourth-order valence-electron chi connectivity index (χ4n) is 3.39. The summed E-state index contributed by atoms with van der Waals surface area (Å²) in [5, 5.41) is 17.1. The number of aromatic amines is 1. The minimum Gasteiger partial charge on any atom is -0.368 e. The molecular weight excluding hydrogens is 354 g/mol. The van der Waals surface area contributed by atoms with Crippen LogP contribution in [0.5, 0.6) is 0 Å². The number of rotatable bonds is 7. The van der Waals surface area contributed by atoms with Crippen molar-refractivity contribution in [3.8, 4) is 0 Å². The molecule has 2 aromatic carbocycles. The molecule has 28 heavy (non-hydrogen) atoms. The molecule has 1 aliphatic rings. The third-order valence-corrected chi connectivity index (χ3v) is 4.96. The van der Waals surface area contributed by atoms with Crippen molar-refractivity contribution < 1.29 is 4.79 Å². The van der Waals surface area contributed by atoms with Gasteiger partial charge in [-0.05, 0) is 24.5 Å². The molecule has 1 fully saturated rings. The first-order valence-corrected chi connectivity index (χ1v) is 9.53. The van der Waals surface area contributed by atoms with Gasteiger partial charge in [0, 0.05) is 30.4 Å². The number of anilines is 1. The fourth-order valence-corrected chi connectivity index (χ4v) is 3.39. The van der Waals surface area contributed by atoms with Crippen LogP contribution in [0, 0.1) is 0 Å². The molecule has 1 aliphatic carbocycles. The Hall–Kier alpha value is -3.35. The SMILES string of the molecule is O=C(NCCCNc1n[nH]c(=O)c2ccccc12)N[C@H]1C[C@H]1c1ccccc1. The Morgan fingerprint density at radius 2 is 1.79 bits per heavy atom. The minimum atomic E-state index is -0.201. The summed E-state index contributed by atoms with van der Waals surface area (Å²) in [6.07, 6.45) is 1.74. The highest BCUT2D eigenvalue weighted by atomic mass is 16.2. The number of amides is 2. The third kappa shape index (κ3) is 4.14. The van der Waals surface area contributed by atoms with Crippen molar-refractivity contribution in [2.24, 2.45) is 0 Å². The molecule has 4 rings (SSSR count). The molecule has 1 heterocycles.